The first kappa shape index (κ1) is 18.0. The number of likely N-dealkylation sites (N-methyl/N-ethyl adjacent to an activating group) is 1. The van der Waals surface area contributed by atoms with Gasteiger partial charge in [-0.25, -0.2) is 0 Å². The summed E-state index contributed by atoms with van der Waals surface area (Å²) in [6, 6.07) is 5.90. The molecule has 5 heteroatoms. The summed E-state index contributed by atoms with van der Waals surface area (Å²) in [5.41, 5.74) is -0.253. The van der Waals surface area contributed by atoms with Crippen molar-refractivity contribution in [3.8, 4) is 0 Å². The SMILES string of the molecule is CCC(C)N(C)CCNC(C)c1ccccc1C(F)(F)F. The van der Waals surface area contributed by atoms with Crippen LogP contribution in [-0.2, 0) is 6.18 Å². The highest BCUT2D eigenvalue weighted by molar-refractivity contribution is 5.32. The number of alkyl halides is 3. The van der Waals surface area contributed by atoms with Gasteiger partial charge in [0.25, 0.3) is 0 Å². The van der Waals surface area contributed by atoms with Gasteiger partial charge in [0.15, 0.2) is 0 Å². The van der Waals surface area contributed by atoms with Crippen molar-refractivity contribution in [3.63, 3.8) is 0 Å². The minimum atomic E-state index is -4.31. The maximum absolute atomic E-state index is 13.0. The normalized spacial score (nSPS) is 15.2. The van der Waals surface area contributed by atoms with Gasteiger partial charge in [0.2, 0.25) is 0 Å². The molecule has 0 aliphatic rings. The van der Waals surface area contributed by atoms with Crippen molar-refractivity contribution in [2.75, 3.05) is 20.1 Å². The minimum Gasteiger partial charge on any atom is -0.309 e. The van der Waals surface area contributed by atoms with Gasteiger partial charge in [-0.3, -0.25) is 0 Å². The van der Waals surface area contributed by atoms with Crippen LogP contribution < -0.4 is 5.32 Å². The van der Waals surface area contributed by atoms with E-state index in [-0.39, 0.29) is 6.04 Å². The Kier molecular flexibility index (Phi) is 6.68. The average molecular weight is 302 g/mol. The van der Waals surface area contributed by atoms with E-state index in [1.54, 1.807) is 19.1 Å². The van der Waals surface area contributed by atoms with Crippen LogP contribution in [-0.4, -0.2) is 31.1 Å². The summed E-state index contributed by atoms with van der Waals surface area (Å²) in [6.07, 6.45) is -3.25. The van der Waals surface area contributed by atoms with Crippen molar-refractivity contribution in [3.05, 3.63) is 35.4 Å². The average Bonchev–Trinajstić information content (AvgIpc) is 2.45. The lowest BCUT2D eigenvalue weighted by Crippen LogP contribution is -2.36. The van der Waals surface area contributed by atoms with Crippen molar-refractivity contribution in [1.29, 1.82) is 0 Å². The molecule has 1 aromatic rings. The molecular formula is C16H25F3N2. The highest BCUT2D eigenvalue weighted by Crippen LogP contribution is 2.34. The molecule has 0 heterocycles. The molecule has 0 saturated carbocycles. The Bertz CT molecular complexity index is 432. The van der Waals surface area contributed by atoms with Gasteiger partial charge in [-0.1, -0.05) is 25.1 Å². The predicted octanol–water partition coefficient (Wildman–Crippen LogP) is 4.09. The van der Waals surface area contributed by atoms with Crippen molar-refractivity contribution < 1.29 is 13.2 Å². The maximum atomic E-state index is 13.0. The van der Waals surface area contributed by atoms with Gasteiger partial charge in [0.05, 0.1) is 5.56 Å². The Morgan fingerprint density at radius 2 is 1.81 bits per heavy atom. The molecule has 21 heavy (non-hydrogen) atoms. The summed E-state index contributed by atoms with van der Waals surface area (Å²) in [4.78, 5) is 2.20. The van der Waals surface area contributed by atoms with Crippen LogP contribution in [0.15, 0.2) is 24.3 Å². The summed E-state index contributed by atoms with van der Waals surface area (Å²) in [5, 5.41) is 3.18. The van der Waals surface area contributed by atoms with Crippen LogP contribution in [0, 0.1) is 0 Å². The molecule has 1 rings (SSSR count). The largest absolute Gasteiger partial charge is 0.416 e. The Labute approximate surface area is 125 Å². The molecule has 1 N–H and O–H groups in total. The molecular weight excluding hydrogens is 277 g/mol. The number of nitrogens with zero attached hydrogens (tertiary/aromatic N) is 1. The Balaban J connectivity index is 2.63. The molecule has 2 nitrogen and oxygen atoms in total. The van der Waals surface area contributed by atoms with E-state index >= 15 is 0 Å². The third kappa shape index (κ3) is 5.32. The van der Waals surface area contributed by atoms with Gasteiger partial charge in [-0.2, -0.15) is 13.2 Å². The van der Waals surface area contributed by atoms with E-state index in [0.29, 0.717) is 18.2 Å². The zero-order valence-corrected chi connectivity index (χ0v) is 13.2. The zero-order valence-electron chi connectivity index (χ0n) is 13.2. The molecule has 0 spiro atoms. The van der Waals surface area contributed by atoms with E-state index in [1.807, 2.05) is 7.05 Å². The molecule has 2 atom stereocenters. The standard InChI is InChI=1S/C16H25F3N2/c1-5-12(2)21(4)11-10-20-13(3)14-8-6-7-9-15(14)16(17,18)19/h6-9,12-13,20H,5,10-11H2,1-4H3. The quantitative estimate of drug-likeness (QED) is 0.816. The molecule has 0 aliphatic heterocycles. The summed E-state index contributed by atoms with van der Waals surface area (Å²) in [7, 11) is 2.03. The number of halogens is 3. The van der Waals surface area contributed by atoms with E-state index < -0.39 is 11.7 Å². The van der Waals surface area contributed by atoms with E-state index in [1.165, 1.54) is 6.07 Å². The second-order valence-corrected chi connectivity index (χ2v) is 5.50. The molecule has 0 bridgehead atoms. The van der Waals surface area contributed by atoms with E-state index in [0.717, 1.165) is 19.0 Å². The third-order valence-corrected chi connectivity index (χ3v) is 3.99. The number of benzene rings is 1. The highest BCUT2D eigenvalue weighted by atomic mass is 19.4. The van der Waals surface area contributed by atoms with Crippen LogP contribution >= 0.6 is 0 Å². The first-order chi connectivity index (χ1) is 9.77. The molecule has 0 fully saturated rings. The van der Waals surface area contributed by atoms with Crippen LogP contribution in [0.3, 0.4) is 0 Å². The molecule has 0 aromatic heterocycles. The van der Waals surface area contributed by atoms with Crippen LogP contribution in [0.1, 0.15) is 44.4 Å². The number of nitrogens with one attached hydrogen (secondary N) is 1. The highest BCUT2D eigenvalue weighted by Gasteiger charge is 2.33. The fraction of sp³-hybridized carbons (Fsp3) is 0.625. The summed E-state index contributed by atoms with van der Waals surface area (Å²) < 4.78 is 38.9. The van der Waals surface area contributed by atoms with Gasteiger partial charge in [-0.05, 0) is 38.9 Å². The van der Waals surface area contributed by atoms with Crippen LogP contribution in [0.5, 0.6) is 0 Å². The molecule has 0 radical (unpaired) electrons. The van der Waals surface area contributed by atoms with Crippen LogP contribution in [0.25, 0.3) is 0 Å². The first-order valence-corrected chi connectivity index (χ1v) is 7.37. The van der Waals surface area contributed by atoms with Crippen molar-refractivity contribution in [2.45, 2.75) is 45.5 Å². The van der Waals surface area contributed by atoms with Crippen LogP contribution in [0.2, 0.25) is 0 Å². The molecule has 0 aliphatic carbocycles. The van der Waals surface area contributed by atoms with Crippen LogP contribution in [0.4, 0.5) is 13.2 Å². The fourth-order valence-corrected chi connectivity index (χ4v) is 2.23. The van der Waals surface area contributed by atoms with Gasteiger partial charge in [-0.15, -0.1) is 0 Å². The van der Waals surface area contributed by atoms with Crippen molar-refractivity contribution >= 4 is 0 Å². The molecule has 2 unspecified atom stereocenters. The molecule has 0 saturated heterocycles. The Morgan fingerprint density at radius 3 is 2.38 bits per heavy atom. The van der Waals surface area contributed by atoms with E-state index in [9.17, 15) is 13.2 Å². The minimum absolute atomic E-state index is 0.302. The summed E-state index contributed by atoms with van der Waals surface area (Å²) in [6.45, 7) is 7.51. The summed E-state index contributed by atoms with van der Waals surface area (Å²) >= 11 is 0. The monoisotopic (exact) mass is 302 g/mol. The number of hydrogen-bond acceptors (Lipinski definition) is 2. The Hall–Kier alpha value is -1.07. The third-order valence-electron chi connectivity index (χ3n) is 3.99. The topological polar surface area (TPSA) is 15.3 Å². The van der Waals surface area contributed by atoms with Crippen molar-refractivity contribution in [1.82, 2.24) is 10.2 Å². The molecule has 1 aromatic carbocycles. The smallest absolute Gasteiger partial charge is 0.309 e. The molecule has 0 amide bonds. The van der Waals surface area contributed by atoms with Gasteiger partial charge >= 0.3 is 6.18 Å². The van der Waals surface area contributed by atoms with Gasteiger partial charge < -0.3 is 10.2 Å². The first-order valence-electron chi connectivity index (χ1n) is 7.37. The lowest BCUT2D eigenvalue weighted by atomic mass is 10.0. The summed E-state index contributed by atoms with van der Waals surface area (Å²) in [5.74, 6) is 0. The fourth-order valence-electron chi connectivity index (χ4n) is 2.23. The van der Waals surface area contributed by atoms with E-state index in [4.69, 9.17) is 0 Å². The molecule has 120 valence electrons. The number of hydrogen-bond donors (Lipinski definition) is 1. The van der Waals surface area contributed by atoms with Crippen molar-refractivity contribution in [2.24, 2.45) is 0 Å². The second-order valence-electron chi connectivity index (χ2n) is 5.50. The lowest BCUT2D eigenvalue weighted by Gasteiger charge is -2.25. The van der Waals surface area contributed by atoms with Gasteiger partial charge in [0.1, 0.15) is 0 Å². The van der Waals surface area contributed by atoms with Gasteiger partial charge in [0, 0.05) is 25.2 Å². The van der Waals surface area contributed by atoms with E-state index in [2.05, 4.69) is 24.1 Å². The Morgan fingerprint density at radius 1 is 1.19 bits per heavy atom. The number of rotatable bonds is 7. The lowest BCUT2D eigenvalue weighted by molar-refractivity contribution is -0.138. The maximum Gasteiger partial charge on any atom is 0.416 e. The predicted molar refractivity (Wildman–Crippen MR) is 80.2 cm³/mol. The zero-order chi connectivity index (χ0) is 16.0. The second kappa shape index (κ2) is 7.80.